The van der Waals surface area contributed by atoms with Crippen LogP contribution >= 0.6 is 0 Å². The van der Waals surface area contributed by atoms with Gasteiger partial charge in [0.2, 0.25) is 0 Å². The molecule has 0 saturated heterocycles. The van der Waals surface area contributed by atoms with E-state index in [4.69, 9.17) is 0 Å². The number of hydrogen-bond acceptors (Lipinski definition) is 2. The molecule has 1 amide bonds. The summed E-state index contributed by atoms with van der Waals surface area (Å²) in [6.45, 7) is 4.67. The third-order valence-corrected chi connectivity index (χ3v) is 3.88. The Morgan fingerprint density at radius 1 is 1.47 bits per heavy atom. The van der Waals surface area contributed by atoms with E-state index in [-0.39, 0.29) is 11.7 Å². The minimum Gasteiger partial charge on any atom is -0.508 e. The van der Waals surface area contributed by atoms with Gasteiger partial charge in [-0.2, -0.15) is 0 Å². The zero-order valence-electron chi connectivity index (χ0n) is 10.4. The molecule has 3 nitrogen and oxygen atoms in total. The van der Waals surface area contributed by atoms with Crippen LogP contribution in [0.1, 0.15) is 42.1 Å². The van der Waals surface area contributed by atoms with Crippen molar-refractivity contribution < 1.29 is 9.90 Å². The normalized spacial score (nSPS) is 16.6. The van der Waals surface area contributed by atoms with Gasteiger partial charge in [-0.05, 0) is 43.7 Å². The lowest BCUT2D eigenvalue weighted by Crippen LogP contribution is -2.30. The third kappa shape index (κ3) is 2.43. The molecule has 1 aromatic rings. The van der Waals surface area contributed by atoms with Gasteiger partial charge in [-0.15, -0.1) is 0 Å². The number of phenolic OH excluding ortho intramolecular Hbond substituents is 1. The summed E-state index contributed by atoms with van der Waals surface area (Å²) in [5.41, 5.74) is 1.56. The van der Waals surface area contributed by atoms with E-state index in [0.717, 1.165) is 13.0 Å². The van der Waals surface area contributed by atoms with E-state index in [1.807, 2.05) is 0 Å². The molecule has 0 spiro atoms. The average molecular weight is 233 g/mol. The van der Waals surface area contributed by atoms with Crippen LogP contribution < -0.4 is 5.32 Å². The molecule has 0 radical (unpaired) electrons. The molecular formula is C14H19NO2. The minimum atomic E-state index is -0.0851. The second-order valence-electron chi connectivity index (χ2n) is 4.99. The largest absolute Gasteiger partial charge is 0.508 e. The summed E-state index contributed by atoms with van der Waals surface area (Å²) in [6, 6.07) is 5.04. The Labute approximate surface area is 102 Å². The Hall–Kier alpha value is -1.51. The van der Waals surface area contributed by atoms with E-state index in [2.05, 4.69) is 12.2 Å². The molecule has 1 aliphatic rings. The van der Waals surface area contributed by atoms with Crippen LogP contribution in [-0.4, -0.2) is 17.6 Å². The fourth-order valence-electron chi connectivity index (χ4n) is 2.06. The van der Waals surface area contributed by atoms with Crippen molar-refractivity contribution in [1.82, 2.24) is 5.32 Å². The van der Waals surface area contributed by atoms with Crippen LogP contribution in [0.5, 0.6) is 5.75 Å². The first-order chi connectivity index (χ1) is 8.08. The SMILES string of the molecule is CCC1(CNC(=O)c2cccc(O)c2C)CC1. The predicted octanol–water partition coefficient (Wildman–Crippen LogP) is 2.62. The summed E-state index contributed by atoms with van der Waals surface area (Å²) in [7, 11) is 0. The highest BCUT2D eigenvalue weighted by atomic mass is 16.3. The molecule has 0 bridgehead atoms. The molecule has 1 fully saturated rings. The summed E-state index contributed by atoms with van der Waals surface area (Å²) in [5, 5.41) is 12.5. The molecule has 3 heteroatoms. The quantitative estimate of drug-likeness (QED) is 0.839. The summed E-state index contributed by atoms with van der Waals surface area (Å²) >= 11 is 0. The lowest BCUT2D eigenvalue weighted by molar-refractivity contribution is 0.0943. The molecule has 0 unspecified atom stereocenters. The van der Waals surface area contributed by atoms with Crippen LogP contribution in [0.25, 0.3) is 0 Å². The molecule has 1 aliphatic carbocycles. The molecule has 0 aromatic heterocycles. The van der Waals surface area contributed by atoms with E-state index < -0.39 is 0 Å². The third-order valence-electron chi connectivity index (χ3n) is 3.88. The van der Waals surface area contributed by atoms with Crippen LogP contribution in [0.15, 0.2) is 18.2 Å². The predicted molar refractivity (Wildman–Crippen MR) is 67.1 cm³/mol. The lowest BCUT2D eigenvalue weighted by atomic mass is 10.0. The lowest BCUT2D eigenvalue weighted by Gasteiger charge is -2.14. The molecule has 1 saturated carbocycles. The standard InChI is InChI=1S/C14H19NO2/c1-3-14(7-8-14)9-15-13(17)11-5-4-6-12(16)10(11)2/h4-6,16H,3,7-9H2,1-2H3,(H,15,17). The number of carbonyl (C=O) groups excluding carboxylic acids is 1. The van der Waals surface area contributed by atoms with Crippen LogP contribution in [0, 0.1) is 12.3 Å². The van der Waals surface area contributed by atoms with Crippen LogP contribution in [0.3, 0.4) is 0 Å². The van der Waals surface area contributed by atoms with Crippen molar-refractivity contribution in [2.45, 2.75) is 33.1 Å². The molecule has 2 rings (SSSR count). The van der Waals surface area contributed by atoms with Crippen molar-refractivity contribution in [3.63, 3.8) is 0 Å². The highest BCUT2D eigenvalue weighted by molar-refractivity contribution is 5.96. The van der Waals surface area contributed by atoms with E-state index >= 15 is 0 Å². The topological polar surface area (TPSA) is 49.3 Å². The molecule has 1 aromatic carbocycles. The Bertz CT molecular complexity index is 436. The van der Waals surface area contributed by atoms with Gasteiger partial charge in [0, 0.05) is 17.7 Å². The molecular weight excluding hydrogens is 214 g/mol. The highest BCUT2D eigenvalue weighted by Gasteiger charge is 2.40. The number of carbonyl (C=O) groups is 1. The second-order valence-corrected chi connectivity index (χ2v) is 4.99. The Kier molecular flexibility index (Phi) is 3.09. The summed E-state index contributed by atoms with van der Waals surface area (Å²) < 4.78 is 0. The average Bonchev–Trinajstić information content (AvgIpc) is 3.10. The van der Waals surface area contributed by atoms with Crippen molar-refractivity contribution >= 4 is 5.91 Å². The summed E-state index contributed by atoms with van der Waals surface area (Å²) in [6.07, 6.45) is 3.54. The Morgan fingerprint density at radius 3 is 2.76 bits per heavy atom. The van der Waals surface area contributed by atoms with Gasteiger partial charge in [0.1, 0.15) is 5.75 Å². The number of amides is 1. The molecule has 0 aliphatic heterocycles. The van der Waals surface area contributed by atoms with Crippen LogP contribution in [0.4, 0.5) is 0 Å². The van der Waals surface area contributed by atoms with E-state index in [0.29, 0.717) is 16.5 Å². The van der Waals surface area contributed by atoms with Gasteiger partial charge in [-0.3, -0.25) is 4.79 Å². The first kappa shape index (κ1) is 12.0. The maximum absolute atomic E-state index is 12.0. The number of benzene rings is 1. The summed E-state index contributed by atoms with van der Waals surface area (Å²) in [4.78, 5) is 12.0. The van der Waals surface area contributed by atoms with Gasteiger partial charge in [0.05, 0.1) is 0 Å². The number of nitrogens with one attached hydrogen (secondary N) is 1. The highest BCUT2D eigenvalue weighted by Crippen LogP contribution is 2.47. The van der Waals surface area contributed by atoms with Crippen molar-refractivity contribution in [1.29, 1.82) is 0 Å². The van der Waals surface area contributed by atoms with Crippen molar-refractivity contribution in [2.24, 2.45) is 5.41 Å². The Morgan fingerprint density at radius 2 is 2.18 bits per heavy atom. The van der Waals surface area contributed by atoms with Crippen molar-refractivity contribution in [3.05, 3.63) is 29.3 Å². The van der Waals surface area contributed by atoms with Gasteiger partial charge in [0.25, 0.3) is 5.91 Å². The maximum atomic E-state index is 12.0. The number of phenols is 1. The van der Waals surface area contributed by atoms with Crippen molar-refractivity contribution in [2.75, 3.05) is 6.54 Å². The first-order valence-electron chi connectivity index (χ1n) is 6.15. The van der Waals surface area contributed by atoms with E-state index in [1.54, 1.807) is 25.1 Å². The van der Waals surface area contributed by atoms with Gasteiger partial charge in [0.15, 0.2) is 0 Å². The van der Waals surface area contributed by atoms with Gasteiger partial charge in [-0.1, -0.05) is 13.0 Å². The van der Waals surface area contributed by atoms with E-state index in [1.165, 1.54) is 12.8 Å². The van der Waals surface area contributed by atoms with Crippen LogP contribution in [-0.2, 0) is 0 Å². The monoisotopic (exact) mass is 233 g/mol. The molecule has 0 atom stereocenters. The molecule has 0 heterocycles. The van der Waals surface area contributed by atoms with Gasteiger partial charge in [-0.25, -0.2) is 0 Å². The van der Waals surface area contributed by atoms with Crippen molar-refractivity contribution in [3.8, 4) is 5.75 Å². The Balaban J connectivity index is 2.02. The number of hydrogen-bond donors (Lipinski definition) is 2. The molecule has 17 heavy (non-hydrogen) atoms. The van der Waals surface area contributed by atoms with E-state index in [9.17, 15) is 9.90 Å². The van der Waals surface area contributed by atoms with Gasteiger partial charge >= 0.3 is 0 Å². The molecule has 2 N–H and O–H groups in total. The zero-order chi connectivity index (χ0) is 12.5. The van der Waals surface area contributed by atoms with Gasteiger partial charge < -0.3 is 10.4 Å². The smallest absolute Gasteiger partial charge is 0.251 e. The molecule has 92 valence electrons. The van der Waals surface area contributed by atoms with Crippen LogP contribution in [0.2, 0.25) is 0 Å². The number of rotatable bonds is 4. The zero-order valence-corrected chi connectivity index (χ0v) is 10.4. The fraction of sp³-hybridized carbons (Fsp3) is 0.500. The maximum Gasteiger partial charge on any atom is 0.251 e. The fourth-order valence-corrected chi connectivity index (χ4v) is 2.06. The first-order valence-corrected chi connectivity index (χ1v) is 6.15. The number of aromatic hydroxyl groups is 1. The minimum absolute atomic E-state index is 0.0851. The second kappa shape index (κ2) is 4.40. The summed E-state index contributed by atoms with van der Waals surface area (Å²) in [5.74, 6) is 0.0902.